The van der Waals surface area contributed by atoms with Crippen molar-refractivity contribution in [1.82, 2.24) is 0 Å². The van der Waals surface area contributed by atoms with Gasteiger partial charge in [-0.1, -0.05) is 0 Å². The molecular formula is C12F22O. The minimum absolute atomic E-state index is 0.953. The first kappa shape index (κ1) is 32.9. The molecule has 0 N–H and O–H groups in total. The zero-order valence-corrected chi connectivity index (χ0v) is 14.7. The van der Waals surface area contributed by atoms with E-state index < -0.39 is 71.6 Å². The fraction of sp³-hybridized carbons (Fsp3) is 0.667. The van der Waals surface area contributed by atoms with Gasteiger partial charge in [-0.2, -0.15) is 96.6 Å². The van der Waals surface area contributed by atoms with Crippen LogP contribution in [0.1, 0.15) is 0 Å². The van der Waals surface area contributed by atoms with E-state index >= 15 is 0 Å². The number of rotatable bonds is 10. The molecule has 0 saturated carbocycles. The quantitative estimate of drug-likeness (QED) is 0.238. The van der Waals surface area contributed by atoms with Gasteiger partial charge in [-0.05, 0) is 0 Å². The van der Waals surface area contributed by atoms with Gasteiger partial charge in [0.1, 0.15) is 0 Å². The highest BCUT2D eigenvalue weighted by atomic mass is 19.4. The maximum Gasteiger partial charge on any atom is 0.430 e. The maximum absolute atomic E-state index is 13.2. The molecule has 0 aliphatic carbocycles. The van der Waals surface area contributed by atoms with E-state index in [1.165, 1.54) is 0 Å². The van der Waals surface area contributed by atoms with Crippen molar-refractivity contribution in [2.75, 3.05) is 0 Å². The highest BCUT2D eigenvalue weighted by Gasteiger charge is 2.88. The van der Waals surface area contributed by atoms with Crippen LogP contribution in [0.15, 0.2) is 23.8 Å². The number of ether oxygens (including phenoxy) is 1. The molecule has 0 aromatic carbocycles. The minimum atomic E-state index is -8.54. The van der Waals surface area contributed by atoms with Crippen LogP contribution in [-0.4, -0.2) is 47.8 Å². The third-order valence-electron chi connectivity index (χ3n) is 3.45. The van der Waals surface area contributed by atoms with Crippen molar-refractivity contribution in [3.63, 3.8) is 0 Å². The smallest absolute Gasteiger partial charge is 0.245 e. The predicted molar refractivity (Wildman–Crippen MR) is 61.4 cm³/mol. The van der Waals surface area contributed by atoms with Crippen LogP contribution >= 0.6 is 0 Å². The van der Waals surface area contributed by atoms with Crippen LogP contribution in [-0.2, 0) is 4.74 Å². The molecule has 35 heavy (non-hydrogen) atoms. The fourth-order valence-electron chi connectivity index (χ4n) is 1.56. The fourth-order valence-corrected chi connectivity index (χ4v) is 1.56. The molecule has 0 fully saturated rings. The normalized spacial score (nSPS) is 15.3. The second-order valence-electron chi connectivity index (χ2n) is 5.73. The van der Waals surface area contributed by atoms with Gasteiger partial charge in [-0.15, -0.1) is 0 Å². The zero-order chi connectivity index (χ0) is 29.0. The third-order valence-corrected chi connectivity index (χ3v) is 3.45. The molecule has 0 spiro atoms. The Kier molecular flexibility index (Phi) is 8.25. The molecule has 0 unspecified atom stereocenters. The van der Waals surface area contributed by atoms with Gasteiger partial charge in [0.15, 0.2) is 0 Å². The number of hydrogen-bond acceptors (Lipinski definition) is 1. The molecule has 1 nitrogen and oxygen atoms in total. The lowest BCUT2D eigenvalue weighted by atomic mass is 10.0. The van der Waals surface area contributed by atoms with E-state index in [1.54, 1.807) is 0 Å². The number of halogens is 22. The first-order valence-corrected chi connectivity index (χ1v) is 7.07. The minimum Gasteiger partial charge on any atom is -0.245 e. The van der Waals surface area contributed by atoms with E-state index in [-0.39, 0.29) is 0 Å². The second kappa shape index (κ2) is 8.78. The Hall–Kier alpha value is -2.10. The monoisotopic (exact) mass is 578 g/mol. The van der Waals surface area contributed by atoms with Crippen molar-refractivity contribution in [3.8, 4) is 0 Å². The van der Waals surface area contributed by atoms with Crippen molar-refractivity contribution in [1.29, 1.82) is 0 Å². The first-order valence-electron chi connectivity index (χ1n) is 7.07. The molecular weight excluding hydrogens is 578 g/mol. The molecule has 0 radical (unpaired) electrons. The standard InChI is InChI=1S/C12F22O/c13-1(3(15)16)5(19,20)7(23,24)9(27,28)11(31,32)35-12(33,34)10(29,30)8(25,26)6(21,22)2(14)4(17)18. The lowest BCUT2D eigenvalue weighted by molar-refractivity contribution is -0.513. The summed E-state index contributed by atoms with van der Waals surface area (Å²) in [6.07, 6.45) is -26.0. The predicted octanol–water partition coefficient (Wildman–Crippen LogP) is 8.16. The molecule has 208 valence electrons. The third kappa shape index (κ3) is 4.70. The van der Waals surface area contributed by atoms with Crippen LogP contribution in [0.4, 0.5) is 96.6 Å². The van der Waals surface area contributed by atoms with E-state index in [9.17, 15) is 96.6 Å². The summed E-state index contributed by atoms with van der Waals surface area (Å²) in [5.41, 5.74) is 0. The van der Waals surface area contributed by atoms with Gasteiger partial charge in [0.25, 0.3) is 0 Å². The maximum atomic E-state index is 13.2. The van der Waals surface area contributed by atoms with Crippen LogP contribution in [0.5, 0.6) is 0 Å². The van der Waals surface area contributed by atoms with E-state index in [0.717, 1.165) is 4.74 Å². The van der Waals surface area contributed by atoms with E-state index in [0.29, 0.717) is 0 Å². The second-order valence-corrected chi connectivity index (χ2v) is 5.73. The SMILES string of the molecule is FC(F)=C(F)C(F)(F)C(F)(F)C(F)(F)C(F)(F)OC(F)(F)C(F)(F)C(F)(F)C(F)(F)C(F)=C(F)F. The molecule has 23 heteroatoms. The Morgan fingerprint density at radius 1 is 0.343 bits per heavy atom. The van der Waals surface area contributed by atoms with Crippen molar-refractivity contribution in [2.24, 2.45) is 0 Å². The highest BCUT2D eigenvalue weighted by molar-refractivity contribution is 5.17. The van der Waals surface area contributed by atoms with Gasteiger partial charge >= 0.3 is 59.9 Å². The van der Waals surface area contributed by atoms with E-state index in [4.69, 9.17) is 0 Å². The molecule has 0 amide bonds. The molecule has 0 bridgehead atoms. The Morgan fingerprint density at radius 3 is 0.714 bits per heavy atom. The van der Waals surface area contributed by atoms with Crippen LogP contribution < -0.4 is 0 Å². The summed E-state index contributed by atoms with van der Waals surface area (Å²) in [7, 11) is 0. The van der Waals surface area contributed by atoms with Gasteiger partial charge in [-0.3, -0.25) is 0 Å². The Morgan fingerprint density at radius 2 is 0.543 bits per heavy atom. The van der Waals surface area contributed by atoms with Crippen molar-refractivity contribution >= 4 is 0 Å². The number of alkyl halides is 16. The molecule has 0 rings (SSSR count). The van der Waals surface area contributed by atoms with Crippen LogP contribution in [0.3, 0.4) is 0 Å². The molecule has 0 saturated heterocycles. The first-order chi connectivity index (χ1) is 14.9. The largest absolute Gasteiger partial charge is 0.430 e. The van der Waals surface area contributed by atoms with Gasteiger partial charge in [0.05, 0.1) is 0 Å². The molecule has 0 aromatic rings. The summed E-state index contributed by atoms with van der Waals surface area (Å²) in [6.45, 7) is 0. The summed E-state index contributed by atoms with van der Waals surface area (Å²) in [6, 6.07) is 0. The van der Waals surface area contributed by atoms with Crippen molar-refractivity contribution in [3.05, 3.63) is 23.8 Å². The highest BCUT2D eigenvalue weighted by Crippen LogP contribution is 2.60. The van der Waals surface area contributed by atoms with Crippen molar-refractivity contribution < 1.29 is 101 Å². The Bertz CT molecular complexity index is 786. The Labute approximate surface area is 174 Å². The van der Waals surface area contributed by atoms with E-state index in [1.807, 2.05) is 0 Å². The van der Waals surface area contributed by atoms with E-state index in [2.05, 4.69) is 0 Å². The van der Waals surface area contributed by atoms with Gasteiger partial charge < -0.3 is 0 Å². The summed E-state index contributed by atoms with van der Waals surface area (Å²) in [5, 5.41) is 0. The Balaban J connectivity index is 6.71. The van der Waals surface area contributed by atoms with Crippen molar-refractivity contribution in [2.45, 2.75) is 47.8 Å². The summed E-state index contributed by atoms with van der Waals surface area (Å²) < 4.78 is 281. The van der Waals surface area contributed by atoms with Crippen LogP contribution in [0.2, 0.25) is 0 Å². The molecule has 0 aliphatic rings. The topological polar surface area (TPSA) is 9.23 Å². The average Bonchev–Trinajstić information content (AvgIpc) is 2.64. The lowest BCUT2D eigenvalue weighted by Crippen LogP contribution is -2.68. The summed E-state index contributed by atoms with van der Waals surface area (Å²) in [4.78, 5) is 0. The van der Waals surface area contributed by atoms with Gasteiger partial charge in [0.2, 0.25) is 11.7 Å². The van der Waals surface area contributed by atoms with Gasteiger partial charge in [0, 0.05) is 0 Å². The molecule has 0 aliphatic heterocycles. The number of allylic oxidation sites excluding steroid dienone is 2. The molecule has 0 aromatic heterocycles. The summed E-state index contributed by atoms with van der Waals surface area (Å²) >= 11 is 0. The average molecular weight is 578 g/mol. The van der Waals surface area contributed by atoms with Crippen LogP contribution in [0, 0.1) is 0 Å². The summed E-state index contributed by atoms with van der Waals surface area (Å²) in [5.74, 6) is -59.2. The number of hydrogen-bond donors (Lipinski definition) is 0. The van der Waals surface area contributed by atoms with Crippen LogP contribution in [0.25, 0.3) is 0 Å². The molecule has 0 atom stereocenters. The lowest BCUT2D eigenvalue weighted by Gasteiger charge is -2.39. The zero-order valence-electron chi connectivity index (χ0n) is 14.7. The van der Waals surface area contributed by atoms with Gasteiger partial charge in [-0.25, -0.2) is 4.74 Å². The molecule has 0 heterocycles.